The van der Waals surface area contributed by atoms with E-state index in [1.165, 1.54) is 52.6 Å². The molecule has 0 fully saturated rings. The summed E-state index contributed by atoms with van der Waals surface area (Å²) >= 11 is 0.282. The normalized spacial score (nSPS) is 13.8. The van der Waals surface area contributed by atoms with Crippen LogP contribution in [0.2, 0.25) is 33.2 Å². The van der Waals surface area contributed by atoms with Gasteiger partial charge in [-0.15, -0.1) is 0 Å². The van der Waals surface area contributed by atoms with Crippen molar-refractivity contribution in [3.63, 3.8) is 0 Å². The molecule has 0 atom stereocenters. The second kappa shape index (κ2) is 14.3. The Hall–Kier alpha value is -3.25. The fourth-order valence-corrected chi connectivity index (χ4v) is 22.4. The molecule has 0 spiro atoms. The van der Waals surface area contributed by atoms with Gasteiger partial charge < -0.3 is 0 Å². The van der Waals surface area contributed by atoms with Crippen LogP contribution in [0.4, 0.5) is 5.69 Å². The first-order chi connectivity index (χ1) is 24.1. The molecule has 0 bridgehead atoms. The van der Waals surface area contributed by atoms with Crippen molar-refractivity contribution in [2.24, 2.45) is 0 Å². The van der Waals surface area contributed by atoms with Gasteiger partial charge in [0.25, 0.3) is 0 Å². The average molecular weight is 771 g/mol. The van der Waals surface area contributed by atoms with E-state index in [0.717, 1.165) is 17.7 Å². The molecule has 0 saturated heterocycles. The van der Waals surface area contributed by atoms with E-state index in [0.29, 0.717) is 33.2 Å². The second-order valence-electron chi connectivity index (χ2n) is 16.8. The van der Waals surface area contributed by atoms with Crippen molar-refractivity contribution in [2.45, 2.75) is 123 Å². The van der Waals surface area contributed by atoms with Gasteiger partial charge in [-0.05, 0) is 33.2 Å². The third-order valence-corrected chi connectivity index (χ3v) is 27.1. The number of fused-ring (bicyclic) bond motifs is 1. The Morgan fingerprint density at radius 2 is 1.04 bits per heavy atom. The van der Waals surface area contributed by atoms with Gasteiger partial charge in [-0.3, -0.25) is 0 Å². The van der Waals surface area contributed by atoms with E-state index in [2.05, 4.69) is 184 Å². The number of hydrogen-bond donors (Lipinski definition) is 0. The Balaban J connectivity index is 1.61. The quantitative estimate of drug-likeness (QED) is 0.0863. The summed E-state index contributed by atoms with van der Waals surface area (Å²) < 4.78 is 2.65. The zero-order valence-corrected chi connectivity index (χ0v) is 36.8. The Morgan fingerprint density at radius 1 is 0.588 bits per heavy atom. The summed E-state index contributed by atoms with van der Waals surface area (Å²) in [5, 5.41) is 7.77. The van der Waals surface area contributed by atoms with Crippen LogP contribution in [0.5, 0.6) is 0 Å². The predicted molar refractivity (Wildman–Crippen MR) is 233 cm³/mol. The van der Waals surface area contributed by atoms with Crippen molar-refractivity contribution in [3.8, 4) is 22.9 Å². The van der Waals surface area contributed by atoms with Crippen LogP contribution in [0.15, 0.2) is 77.9 Å². The fourth-order valence-electron chi connectivity index (χ4n) is 9.93. The summed E-state index contributed by atoms with van der Waals surface area (Å²) in [6.07, 6.45) is 0. The first kappa shape index (κ1) is 37.5. The summed E-state index contributed by atoms with van der Waals surface area (Å²) in [5.41, 5.74) is 16.5. The number of hydrogen-bond acceptors (Lipinski definition) is 1. The Kier molecular flexibility index (Phi) is 10.5. The number of nitrogens with zero attached hydrogens (tertiary/aromatic N) is 1. The topological polar surface area (TPSA) is 3.24 Å². The zero-order chi connectivity index (χ0) is 37.0. The number of rotatable bonds is 8. The van der Waals surface area contributed by atoms with Crippen LogP contribution < -0.4 is 9.36 Å². The second-order valence-corrected chi connectivity index (χ2v) is 30.3. The third-order valence-electron chi connectivity index (χ3n) is 12.4. The van der Waals surface area contributed by atoms with Gasteiger partial charge in [0.1, 0.15) is 16.1 Å². The summed E-state index contributed by atoms with van der Waals surface area (Å²) in [6, 6.07) is 25.4. The molecule has 0 saturated carbocycles. The first-order valence-electron chi connectivity index (χ1n) is 19.2. The van der Waals surface area contributed by atoms with Crippen molar-refractivity contribution in [1.82, 2.24) is 0 Å². The van der Waals surface area contributed by atoms with E-state index in [9.17, 15) is 0 Å². The third kappa shape index (κ3) is 6.32. The van der Waals surface area contributed by atoms with E-state index < -0.39 is 16.1 Å². The van der Waals surface area contributed by atoms with Gasteiger partial charge in [0.05, 0.1) is 0 Å². The molecule has 1 aliphatic rings. The molecule has 0 radical (unpaired) electrons. The van der Waals surface area contributed by atoms with E-state index in [1.54, 1.807) is 0 Å². The SMILES string of the molecule is C=C1[Se]c2ccccc2N1Cc1cc2ccc3c(C#C[Si](C(C)C)(C(C)C)C(C)C)cc(C#C[Si](C(C)C)(C(C)C)C(C)C)c4ccc(c1)c2c34. The molecular weight excluding hydrogens is 714 g/mol. The van der Waals surface area contributed by atoms with Gasteiger partial charge in [0, 0.05) is 0 Å². The Labute approximate surface area is 317 Å². The van der Waals surface area contributed by atoms with Crippen LogP contribution in [0.3, 0.4) is 0 Å². The summed E-state index contributed by atoms with van der Waals surface area (Å²) in [5.74, 6) is 7.81. The number of benzene rings is 5. The summed E-state index contributed by atoms with van der Waals surface area (Å²) in [4.78, 5) is 2.42. The summed E-state index contributed by atoms with van der Waals surface area (Å²) in [6.45, 7) is 34.2. The summed E-state index contributed by atoms with van der Waals surface area (Å²) in [7, 11) is -3.89. The predicted octanol–water partition coefficient (Wildman–Crippen LogP) is 12.5. The molecule has 1 aliphatic heterocycles. The molecule has 1 nitrogen and oxygen atoms in total. The van der Waals surface area contributed by atoms with Crippen LogP contribution in [0.25, 0.3) is 32.3 Å². The number of anilines is 1. The van der Waals surface area contributed by atoms with Crippen LogP contribution in [-0.2, 0) is 6.54 Å². The van der Waals surface area contributed by atoms with E-state index >= 15 is 0 Å². The molecular formula is C47H57NSeSi2. The number of para-hydroxylation sites is 1. The Morgan fingerprint density at radius 3 is 1.49 bits per heavy atom. The molecule has 0 aromatic heterocycles. The van der Waals surface area contributed by atoms with Gasteiger partial charge >= 0.3 is 186 Å². The van der Waals surface area contributed by atoms with Crippen LogP contribution >= 0.6 is 0 Å². The van der Waals surface area contributed by atoms with Crippen molar-refractivity contribution in [1.29, 1.82) is 0 Å². The Bertz CT molecular complexity index is 2070. The minimum absolute atomic E-state index is 0.282. The van der Waals surface area contributed by atoms with Gasteiger partial charge in [0.15, 0.2) is 0 Å². The average Bonchev–Trinajstić information content (AvgIpc) is 3.37. The standard InChI is InChI=1S/C47H57NSeSi2/c1-30(2)50(31(3)4,32(5)6)24-22-38-28-39(23-25-51(33(7)8,34(9)10)35(11)12)43-21-19-41-27-37(26-40-18-20-42(38)47(43)46(40)41)29-48-36(13)49-45-17-15-14-16-44(45)48/h14-21,26-28,30-35H,13,29H2,1-12H3. The van der Waals surface area contributed by atoms with Crippen LogP contribution in [0.1, 0.15) is 99.8 Å². The van der Waals surface area contributed by atoms with Crippen LogP contribution in [-0.4, -0.2) is 31.1 Å². The molecule has 5 aromatic rings. The van der Waals surface area contributed by atoms with Gasteiger partial charge in [0.2, 0.25) is 0 Å². The van der Waals surface area contributed by atoms with E-state index in [4.69, 9.17) is 0 Å². The van der Waals surface area contributed by atoms with Crippen molar-refractivity contribution in [3.05, 3.63) is 94.6 Å². The monoisotopic (exact) mass is 771 g/mol. The molecule has 5 aromatic carbocycles. The molecule has 4 heteroatoms. The van der Waals surface area contributed by atoms with Gasteiger partial charge in [-0.2, -0.15) is 0 Å². The van der Waals surface area contributed by atoms with Crippen LogP contribution in [0, 0.1) is 22.9 Å². The maximum absolute atomic E-state index is 4.47. The van der Waals surface area contributed by atoms with Crippen molar-refractivity contribution < 1.29 is 0 Å². The molecule has 0 aliphatic carbocycles. The molecule has 6 rings (SSSR count). The van der Waals surface area contributed by atoms with Gasteiger partial charge in [-0.1, -0.05) is 83.1 Å². The molecule has 51 heavy (non-hydrogen) atoms. The zero-order valence-electron chi connectivity index (χ0n) is 33.1. The van der Waals surface area contributed by atoms with E-state index in [-0.39, 0.29) is 15.0 Å². The minimum atomic E-state index is -1.94. The maximum atomic E-state index is 4.47. The van der Waals surface area contributed by atoms with Crippen molar-refractivity contribution >= 4 is 73.6 Å². The molecule has 0 N–H and O–H groups in total. The van der Waals surface area contributed by atoms with Gasteiger partial charge in [-0.25, -0.2) is 0 Å². The molecule has 0 unspecified atom stereocenters. The molecule has 0 amide bonds. The molecule has 264 valence electrons. The van der Waals surface area contributed by atoms with Crippen molar-refractivity contribution in [2.75, 3.05) is 4.90 Å². The first-order valence-corrected chi connectivity index (χ1v) is 25.3. The van der Waals surface area contributed by atoms with E-state index in [1.807, 2.05) is 0 Å². The molecule has 1 heterocycles. The fraction of sp³-hybridized carbons (Fsp3) is 0.404.